The largest absolute Gasteiger partial charge is 0.467 e. The van der Waals surface area contributed by atoms with E-state index in [-0.39, 0.29) is 29.5 Å². The number of methoxy groups -OCH3 is 3. The van der Waals surface area contributed by atoms with E-state index in [4.69, 9.17) is 18.9 Å². The summed E-state index contributed by atoms with van der Waals surface area (Å²) in [5.74, 6) is -1.89. The Hall–Kier alpha value is -3.83. The third-order valence-corrected chi connectivity index (χ3v) is 5.56. The standard InChI is InChI=1S/C21H25N3O9/c1-30-17(25)12-8-13(18(26)31-2)10-14(9-12)22-20(28)23-6-4-15(5-7-23)24-16(19(27)32-3)11-33-21(24)29/h8-10,15-16H,4-7,11H2,1-3H3,(H,22,28). The number of rotatable bonds is 5. The van der Waals surface area contributed by atoms with E-state index in [1.807, 2.05) is 0 Å². The third kappa shape index (κ3) is 5.16. The van der Waals surface area contributed by atoms with Gasteiger partial charge in [-0.05, 0) is 31.0 Å². The summed E-state index contributed by atoms with van der Waals surface area (Å²) in [6, 6.07) is 2.58. The van der Waals surface area contributed by atoms with Crippen molar-refractivity contribution < 1.29 is 42.9 Å². The van der Waals surface area contributed by atoms with Crippen molar-refractivity contribution in [1.29, 1.82) is 0 Å². The number of piperidine rings is 1. The van der Waals surface area contributed by atoms with E-state index in [2.05, 4.69) is 5.32 Å². The zero-order valence-corrected chi connectivity index (χ0v) is 18.5. The Labute approximate surface area is 189 Å². The van der Waals surface area contributed by atoms with E-state index in [0.29, 0.717) is 25.9 Å². The summed E-state index contributed by atoms with van der Waals surface area (Å²) in [7, 11) is 3.66. The van der Waals surface area contributed by atoms with Crippen LogP contribution in [0, 0.1) is 0 Å². The van der Waals surface area contributed by atoms with Gasteiger partial charge in [0.25, 0.3) is 0 Å². The van der Waals surface area contributed by atoms with Gasteiger partial charge in [0, 0.05) is 24.8 Å². The summed E-state index contributed by atoms with van der Waals surface area (Å²) in [5.41, 5.74) is 0.380. The zero-order valence-electron chi connectivity index (χ0n) is 18.5. The number of hydrogen-bond donors (Lipinski definition) is 1. The van der Waals surface area contributed by atoms with Crippen LogP contribution in [0.4, 0.5) is 15.3 Å². The molecule has 0 spiro atoms. The highest BCUT2D eigenvalue weighted by atomic mass is 16.6. The molecule has 1 unspecified atom stereocenters. The SMILES string of the molecule is COC(=O)c1cc(NC(=O)N2CCC(N3C(=O)OCC3C(=O)OC)CC2)cc(C(=O)OC)c1. The van der Waals surface area contributed by atoms with Gasteiger partial charge < -0.3 is 29.2 Å². The van der Waals surface area contributed by atoms with Crippen molar-refractivity contribution in [1.82, 2.24) is 9.80 Å². The molecule has 2 fully saturated rings. The van der Waals surface area contributed by atoms with Gasteiger partial charge in [0.05, 0.1) is 32.5 Å². The van der Waals surface area contributed by atoms with Crippen LogP contribution in [-0.2, 0) is 23.7 Å². The van der Waals surface area contributed by atoms with Crippen molar-refractivity contribution in [3.05, 3.63) is 29.3 Å². The summed E-state index contributed by atoms with van der Waals surface area (Å²) in [5, 5.41) is 2.67. The molecule has 1 aromatic carbocycles. The number of ether oxygens (including phenoxy) is 4. The maximum absolute atomic E-state index is 12.8. The molecule has 0 radical (unpaired) electrons. The smallest absolute Gasteiger partial charge is 0.410 e. The lowest BCUT2D eigenvalue weighted by molar-refractivity contribution is -0.145. The van der Waals surface area contributed by atoms with Crippen LogP contribution in [0.2, 0.25) is 0 Å². The van der Waals surface area contributed by atoms with E-state index in [1.54, 1.807) is 0 Å². The molecule has 3 amide bonds. The molecule has 0 aromatic heterocycles. The molecule has 2 saturated heterocycles. The highest BCUT2D eigenvalue weighted by Gasteiger charge is 2.44. The van der Waals surface area contributed by atoms with Gasteiger partial charge in [0.2, 0.25) is 0 Å². The normalized spacial score (nSPS) is 18.4. The van der Waals surface area contributed by atoms with Crippen molar-refractivity contribution in [2.24, 2.45) is 0 Å². The number of amides is 3. The number of benzene rings is 1. The fourth-order valence-electron chi connectivity index (χ4n) is 3.87. The number of carbonyl (C=O) groups is 5. The Morgan fingerprint density at radius 2 is 1.52 bits per heavy atom. The average molecular weight is 463 g/mol. The molecule has 0 bridgehead atoms. The number of hydrogen-bond acceptors (Lipinski definition) is 9. The minimum atomic E-state index is -0.800. The Balaban J connectivity index is 1.67. The number of esters is 3. The first-order chi connectivity index (χ1) is 15.8. The second-order valence-electron chi connectivity index (χ2n) is 7.45. The van der Waals surface area contributed by atoms with E-state index < -0.39 is 36.1 Å². The minimum absolute atomic E-state index is 0.0642. The minimum Gasteiger partial charge on any atom is -0.467 e. The topological polar surface area (TPSA) is 141 Å². The van der Waals surface area contributed by atoms with Crippen LogP contribution < -0.4 is 5.32 Å². The van der Waals surface area contributed by atoms with Crippen molar-refractivity contribution in [2.75, 3.05) is 46.3 Å². The van der Waals surface area contributed by atoms with Gasteiger partial charge in [-0.2, -0.15) is 0 Å². The lowest BCUT2D eigenvalue weighted by atomic mass is 10.0. The van der Waals surface area contributed by atoms with Crippen LogP contribution in [0.1, 0.15) is 33.6 Å². The molecule has 1 atom stereocenters. The van der Waals surface area contributed by atoms with E-state index in [1.165, 1.54) is 49.3 Å². The van der Waals surface area contributed by atoms with Gasteiger partial charge in [-0.25, -0.2) is 24.0 Å². The van der Waals surface area contributed by atoms with Crippen molar-refractivity contribution in [2.45, 2.75) is 24.9 Å². The molecular formula is C21H25N3O9. The van der Waals surface area contributed by atoms with Crippen molar-refractivity contribution in [3.8, 4) is 0 Å². The molecule has 33 heavy (non-hydrogen) atoms. The number of carbonyl (C=O) groups excluding carboxylic acids is 5. The summed E-state index contributed by atoms with van der Waals surface area (Å²) in [6.07, 6.45) is 0.292. The summed E-state index contributed by atoms with van der Waals surface area (Å²) in [6.45, 7) is 0.564. The van der Waals surface area contributed by atoms with Crippen LogP contribution in [0.25, 0.3) is 0 Å². The Kier molecular flexibility index (Phi) is 7.36. The highest BCUT2D eigenvalue weighted by Crippen LogP contribution is 2.25. The molecule has 1 aromatic rings. The first kappa shape index (κ1) is 23.8. The summed E-state index contributed by atoms with van der Waals surface area (Å²) >= 11 is 0. The van der Waals surface area contributed by atoms with Gasteiger partial charge in [0.1, 0.15) is 6.61 Å². The zero-order chi connectivity index (χ0) is 24.1. The number of urea groups is 1. The molecule has 2 heterocycles. The number of cyclic esters (lactones) is 1. The highest BCUT2D eigenvalue weighted by molar-refractivity contribution is 5.99. The maximum atomic E-state index is 12.8. The Morgan fingerprint density at radius 1 is 0.939 bits per heavy atom. The molecule has 0 aliphatic carbocycles. The molecule has 2 aliphatic rings. The first-order valence-electron chi connectivity index (χ1n) is 10.2. The molecule has 178 valence electrons. The van der Waals surface area contributed by atoms with Crippen LogP contribution in [0.15, 0.2) is 18.2 Å². The van der Waals surface area contributed by atoms with Crippen molar-refractivity contribution in [3.63, 3.8) is 0 Å². The van der Waals surface area contributed by atoms with Crippen LogP contribution >= 0.6 is 0 Å². The van der Waals surface area contributed by atoms with Gasteiger partial charge in [-0.3, -0.25) is 4.90 Å². The molecule has 12 nitrogen and oxygen atoms in total. The quantitative estimate of drug-likeness (QED) is 0.504. The van der Waals surface area contributed by atoms with Crippen LogP contribution in [0.5, 0.6) is 0 Å². The second-order valence-corrected chi connectivity index (χ2v) is 7.45. The van der Waals surface area contributed by atoms with Gasteiger partial charge in [0.15, 0.2) is 6.04 Å². The average Bonchev–Trinajstić information content (AvgIpc) is 3.23. The molecule has 0 saturated carbocycles. The lowest BCUT2D eigenvalue weighted by Crippen LogP contribution is -2.52. The maximum Gasteiger partial charge on any atom is 0.410 e. The first-order valence-corrected chi connectivity index (χ1v) is 10.2. The monoisotopic (exact) mass is 463 g/mol. The fraction of sp³-hybridized carbons (Fsp3) is 0.476. The molecular weight excluding hydrogens is 438 g/mol. The third-order valence-electron chi connectivity index (χ3n) is 5.56. The number of nitrogens with one attached hydrogen (secondary N) is 1. The summed E-state index contributed by atoms with van der Waals surface area (Å²) in [4.78, 5) is 63.6. The molecule has 3 rings (SSSR count). The van der Waals surface area contributed by atoms with Crippen molar-refractivity contribution >= 4 is 35.7 Å². The molecule has 1 N–H and O–H groups in total. The fourth-order valence-corrected chi connectivity index (χ4v) is 3.87. The molecule has 2 aliphatic heterocycles. The number of likely N-dealkylation sites (tertiary alicyclic amines) is 1. The van der Waals surface area contributed by atoms with E-state index in [9.17, 15) is 24.0 Å². The second kappa shape index (κ2) is 10.2. The Morgan fingerprint density at radius 3 is 2.03 bits per heavy atom. The summed E-state index contributed by atoms with van der Waals surface area (Å²) < 4.78 is 19.1. The van der Waals surface area contributed by atoms with Gasteiger partial charge in [-0.15, -0.1) is 0 Å². The van der Waals surface area contributed by atoms with Crippen LogP contribution in [-0.4, -0.2) is 92.9 Å². The predicted octanol–water partition coefficient (Wildman–Crippen LogP) is 1.25. The van der Waals surface area contributed by atoms with Gasteiger partial charge in [-0.1, -0.05) is 0 Å². The number of anilines is 1. The Bertz CT molecular complexity index is 922. The van der Waals surface area contributed by atoms with E-state index in [0.717, 1.165) is 0 Å². The lowest BCUT2D eigenvalue weighted by Gasteiger charge is -2.37. The van der Waals surface area contributed by atoms with E-state index >= 15 is 0 Å². The van der Waals surface area contributed by atoms with Gasteiger partial charge >= 0.3 is 30.0 Å². The predicted molar refractivity (Wildman–Crippen MR) is 112 cm³/mol. The molecule has 12 heteroatoms. The number of nitrogens with zero attached hydrogens (tertiary/aromatic N) is 2. The van der Waals surface area contributed by atoms with Crippen LogP contribution in [0.3, 0.4) is 0 Å².